The van der Waals surface area contributed by atoms with E-state index in [4.69, 9.17) is 0 Å². The van der Waals surface area contributed by atoms with Gasteiger partial charge in [-0.2, -0.15) is 0 Å². The van der Waals surface area contributed by atoms with Crippen LogP contribution in [0.25, 0.3) is 0 Å². The summed E-state index contributed by atoms with van der Waals surface area (Å²) in [5.74, 6) is 1.40. The molecule has 6 heteroatoms. The van der Waals surface area contributed by atoms with Gasteiger partial charge in [0.2, 0.25) is 12.1 Å². The minimum absolute atomic E-state index is 0.00945. The normalized spacial score (nSPS) is 24.2. The zero-order valence-electron chi connectivity index (χ0n) is 12.0. The predicted octanol–water partition coefficient (Wildman–Crippen LogP) is 2.88. The zero-order chi connectivity index (χ0) is 14.1. The lowest BCUT2D eigenvalue weighted by Gasteiger charge is -2.34. The van der Waals surface area contributed by atoms with Gasteiger partial charge < -0.3 is 15.0 Å². The van der Waals surface area contributed by atoms with Crippen LogP contribution in [0, 0.1) is 16.0 Å². The molecule has 1 unspecified atom stereocenters. The Kier molecular flexibility index (Phi) is 3.63. The van der Waals surface area contributed by atoms with Crippen molar-refractivity contribution in [3.8, 4) is 0 Å². The smallest absolute Gasteiger partial charge is 0.358 e. The Morgan fingerprint density at radius 2 is 2.00 bits per heavy atom. The Bertz CT molecular complexity index is 493. The van der Waals surface area contributed by atoms with E-state index in [0.717, 1.165) is 19.4 Å². The molecule has 2 fully saturated rings. The summed E-state index contributed by atoms with van der Waals surface area (Å²) < 4.78 is 1.80. The predicted molar refractivity (Wildman–Crippen MR) is 76.8 cm³/mol. The average molecular weight is 278 g/mol. The highest BCUT2D eigenvalue weighted by Crippen LogP contribution is 2.39. The van der Waals surface area contributed by atoms with Crippen LogP contribution in [0.4, 0.5) is 11.6 Å². The Morgan fingerprint density at radius 1 is 1.25 bits per heavy atom. The fraction of sp³-hybridized carbons (Fsp3) is 0.786. The van der Waals surface area contributed by atoms with Crippen molar-refractivity contribution in [2.75, 3.05) is 11.4 Å². The van der Waals surface area contributed by atoms with Crippen molar-refractivity contribution in [2.45, 2.75) is 51.0 Å². The maximum atomic E-state index is 11.2. The Hall–Kier alpha value is -1.59. The molecule has 1 saturated carbocycles. The average Bonchev–Trinajstić information content (AvgIpc) is 3.05. The molecule has 2 aliphatic rings. The van der Waals surface area contributed by atoms with Gasteiger partial charge in [0.25, 0.3) is 0 Å². The Balaban J connectivity index is 1.88. The van der Waals surface area contributed by atoms with Crippen molar-refractivity contribution in [1.82, 2.24) is 9.55 Å². The lowest BCUT2D eigenvalue weighted by atomic mass is 9.83. The second kappa shape index (κ2) is 5.42. The van der Waals surface area contributed by atoms with E-state index in [0.29, 0.717) is 17.8 Å². The van der Waals surface area contributed by atoms with E-state index in [1.165, 1.54) is 32.1 Å². The monoisotopic (exact) mass is 278 g/mol. The van der Waals surface area contributed by atoms with Crippen molar-refractivity contribution in [1.29, 1.82) is 0 Å². The number of hydrogen-bond donors (Lipinski definition) is 0. The number of nitrogens with zero attached hydrogens (tertiary/aromatic N) is 4. The van der Waals surface area contributed by atoms with Gasteiger partial charge in [0.05, 0.1) is 0 Å². The lowest BCUT2D eigenvalue weighted by Crippen LogP contribution is -2.38. The molecule has 1 aliphatic carbocycles. The van der Waals surface area contributed by atoms with E-state index in [9.17, 15) is 10.1 Å². The molecule has 0 N–H and O–H groups in total. The molecule has 0 radical (unpaired) electrons. The number of anilines is 1. The number of imidazole rings is 1. The number of aryl methyl sites for hydroxylation is 1. The molecule has 1 atom stereocenters. The molecule has 0 aromatic carbocycles. The third-order valence-corrected chi connectivity index (χ3v) is 4.83. The molecule has 110 valence electrons. The van der Waals surface area contributed by atoms with Crippen molar-refractivity contribution >= 4 is 11.6 Å². The summed E-state index contributed by atoms with van der Waals surface area (Å²) >= 11 is 0. The van der Waals surface area contributed by atoms with Crippen LogP contribution >= 0.6 is 0 Å². The third kappa shape index (κ3) is 2.27. The summed E-state index contributed by atoms with van der Waals surface area (Å²) in [7, 11) is 1.85. The molecule has 20 heavy (non-hydrogen) atoms. The first-order chi connectivity index (χ1) is 9.68. The first kappa shape index (κ1) is 13.4. The standard InChI is InChI=1S/C14H22N4O2/c1-16-10-15-13(18(19)20)14(16)17-9-5-8-12(17)11-6-3-2-4-7-11/h10-12H,2-9H2,1H3. The molecule has 2 heterocycles. The highest BCUT2D eigenvalue weighted by atomic mass is 16.6. The highest BCUT2D eigenvalue weighted by Gasteiger charge is 2.37. The molecule has 1 saturated heterocycles. The van der Waals surface area contributed by atoms with Gasteiger partial charge in [-0.3, -0.25) is 4.57 Å². The van der Waals surface area contributed by atoms with Crippen molar-refractivity contribution in [2.24, 2.45) is 13.0 Å². The number of aromatic nitrogens is 2. The van der Waals surface area contributed by atoms with Crippen molar-refractivity contribution < 1.29 is 4.92 Å². The minimum Gasteiger partial charge on any atom is -0.358 e. The van der Waals surface area contributed by atoms with Crippen molar-refractivity contribution in [3.63, 3.8) is 0 Å². The second-order valence-corrected chi connectivity index (χ2v) is 6.06. The summed E-state index contributed by atoms with van der Waals surface area (Å²) in [5.41, 5.74) is 0. The van der Waals surface area contributed by atoms with Gasteiger partial charge in [0, 0.05) is 19.6 Å². The zero-order valence-corrected chi connectivity index (χ0v) is 12.0. The van der Waals surface area contributed by atoms with Gasteiger partial charge in [-0.1, -0.05) is 19.3 Å². The second-order valence-electron chi connectivity index (χ2n) is 6.06. The first-order valence-corrected chi connectivity index (χ1v) is 7.61. The van der Waals surface area contributed by atoms with Crippen LogP contribution < -0.4 is 4.90 Å². The molecule has 3 rings (SSSR count). The molecule has 1 aromatic rings. The van der Waals surface area contributed by atoms with Crippen LogP contribution in [0.5, 0.6) is 0 Å². The van der Waals surface area contributed by atoms with Crippen LogP contribution in [-0.2, 0) is 7.05 Å². The van der Waals surface area contributed by atoms with E-state index >= 15 is 0 Å². The van der Waals surface area contributed by atoms with Gasteiger partial charge >= 0.3 is 5.82 Å². The van der Waals surface area contributed by atoms with E-state index in [1.807, 2.05) is 7.05 Å². The molecule has 0 bridgehead atoms. The van der Waals surface area contributed by atoms with E-state index in [2.05, 4.69) is 9.88 Å². The van der Waals surface area contributed by atoms with Crippen LogP contribution in [-0.4, -0.2) is 27.1 Å². The Morgan fingerprint density at radius 3 is 2.70 bits per heavy atom. The van der Waals surface area contributed by atoms with Crippen LogP contribution in [0.1, 0.15) is 44.9 Å². The lowest BCUT2D eigenvalue weighted by molar-refractivity contribution is -0.388. The maximum Gasteiger partial charge on any atom is 0.406 e. The molecular formula is C14H22N4O2. The van der Waals surface area contributed by atoms with E-state index in [1.54, 1.807) is 10.9 Å². The summed E-state index contributed by atoms with van der Waals surface area (Å²) in [6.45, 7) is 0.918. The molecule has 0 spiro atoms. The van der Waals surface area contributed by atoms with Crippen LogP contribution in [0.2, 0.25) is 0 Å². The SMILES string of the molecule is Cn1cnc([N+](=O)[O-])c1N1CCCC1C1CCCCC1. The van der Waals surface area contributed by atoms with Gasteiger partial charge in [0.1, 0.15) is 0 Å². The largest absolute Gasteiger partial charge is 0.406 e. The summed E-state index contributed by atoms with van der Waals surface area (Å²) in [5, 5.41) is 11.2. The Labute approximate surface area is 118 Å². The molecular weight excluding hydrogens is 256 g/mol. The number of hydrogen-bond acceptors (Lipinski definition) is 4. The number of rotatable bonds is 3. The van der Waals surface area contributed by atoms with Gasteiger partial charge in [-0.15, -0.1) is 0 Å². The molecule has 1 aromatic heterocycles. The number of nitro groups is 1. The quantitative estimate of drug-likeness (QED) is 0.630. The minimum atomic E-state index is -0.356. The molecule has 1 aliphatic heterocycles. The van der Waals surface area contributed by atoms with Gasteiger partial charge in [-0.05, 0) is 41.5 Å². The topological polar surface area (TPSA) is 64.2 Å². The third-order valence-electron chi connectivity index (χ3n) is 4.83. The van der Waals surface area contributed by atoms with E-state index < -0.39 is 0 Å². The summed E-state index contributed by atoms with van der Waals surface area (Å²) in [6, 6.07) is 0.462. The van der Waals surface area contributed by atoms with Gasteiger partial charge in [-0.25, -0.2) is 0 Å². The van der Waals surface area contributed by atoms with E-state index in [-0.39, 0.29) is 10.7 Å². The highest BCUT2D eigenvalue weighted by molar-refractivity contribution is 5.56. The fourth-order valence-electron chi connectivity index (χ4n) is 3.94. The van der Waals surface area contributed by atoms with Crippen LogP contribution in [0.3, 0.4) is 0 Å². The van der Waals surface area contributed by atoms with Crippen molar-refractivity contribution in [3.05, 3.63) is 16.4 Å². The molecule has 0 amide bonds. The maximum absolute atomic E-state index is 11.2. The fourth-order valence-corrected chi connectivity index (χ4v) is 3.94. The first-order valence-electron chi connectivity index (χ1n) is 7.61. The summed E-state index contributed by atoms with van der Waals surface area (Å²) in [6.07, 6.45) is 10.3. The molecule has 6 nitrogen and oxygen atoms in total. The van der Waals surface area contributed by atoms with Gasteiger partial charge in [0.15, 0.2) is 0 Å². The van der Waals surface area contributed by atoms with Crippen LogP contribution in [0.15, 0.2) is 6.33 Å². The summed E-state index contributed by atoms with van der Waals surface area (Å²) in [4.78, 5) is 17.0.